The van der Waals surface area contributed by atoms with Gasteiger partial charge in [-0.25, -0.2) is 4.79 Å². The molecule has 1 unspecified atom stereocenters. The third-order valence-electron chi connectivity index (χ3n) is 5.22. The number of para-hydroxylation sites is 1. The van der Waals surface area contributed by atoms with Crippen molar-refractivity contribution in [1.82, 2.24) is 4.90 Å². The standard InChI is InChI=1S/C22H24N2O3/c1-2-15-10-19-16(11-22(26)27-21(19)12-20(15)25)13-24-9-8-18(14-24)23-17-6-4-3-5-7-17/h3-7,10-12,18,23,25H,2,8-9,13-14H2,1H3. The molecular weight excluding hydrogens is 340 g/mol. The summed E-state index contributed by atoms with van der Waals surface area (Å²) in [7, 11) is 0. The van der Waals surface area contributed by atoms with Gasteiger partial charge in [0.25, 0.3) is 0 Å². The highest BCUT2D eigenvalue weighted by Gasteiger charge is 2.23. The molecule has 0 spiro atoms. The molecule has 1 saturated heterocycles. The van der Waals surface area contributed by atoms with Crippen LogP contribution in [0.15, 0.2) is 57.7 Å². The molecule has 1 atom stereocenters. The van der Waals surface area contributed by atoms with Crippen LogP contribution in [0.25, 0.3) is 11.0 Å². The van der Waals surface area contributed by atoms with E-state index in [1.807, 2.05) is 31.2 Å². The molecule has 0 amide bonds. The molecule has 0 bridgehead atoms. The van der Waals surface area contributed by atoms with Gasteiger partial charge in [-0.2, -0.15) is 0 Å². The Morgan fingerprint density at radius 1 is 1.19 bits per heavy atom. The van der Waals surface area contributed by atoms with Crippen LogP contribution in [-0.4, -0.2) is 29.1 Å². The van der Waals surface area contributed by atoms with Crippen molar-refractivity contribution in [2.24, 2.45) is 0 Å². The topological polar surface area (TPSA) is 65.7 Å². The number of nitrogens with one attached hydrogen (secondary N) is 1. The van der Waals surface area contributed by atoms with Crippen LogP contribution in [0.3, 0.4) is 0 Å². The van der Waals surface area contributed by atoms with Gasteiger partial charge in [0.05, 0.1) is 0 Å². The van der Waals surface area contributed by atoms with E-state index in [1.54, 1.807) is 12.1 Å². The number of hydrogen-bond donors (Lipinski definition) is 2. The normalized spacial score (nSPS) is 17.4. The largest absolute Gasteiger partial charge is 0.508 e. The van der Waals surface area contributed by atoms with Crippen molar-refractivity contribution in [2.45, 2.75) is 32.4 Å². The van der Waals surface area contributed by atoms with E-state index in [-0.39, 0.29) is 11.4 Å². The molecule has 3 aromatic rings. The number of rotatable bonds is 5. The first-order valence-corrected chi connectivity index (χ1v) is 9.45. The van der Waals surface area contributed by atoms with Crippen LogP contribution in [0.5, 0.6) is 5.75 Å². The molecule has 0 radical (unpaired) electrons. The van der Waals surface area contributed by atoms with Gasteiger partial charge in [0, 0.05) is 48.9 Å². The first-order chi connectivity index (χ1) is 13.1. The summed E-state index contributed by atoms with van der Waals surface area (Å²) in [5.74, 6) is 0.179. The summed E-state index contributed by atoms with van der Waals surface area (Å²) in [6, 6.07) is 15.7. The lowest BCUT2D eigenvalue weighted by Crippen LogP contribution is -2.26. The molecule has 2 heterocycles. The zero-order valence-electron chi connectivity index (χ0n) is 15.4. The van der Waals surface area contributed by atoms with Crippen LogP contribution < -0.4 is 10.9 Å². The van der Waals surface area contributed by atoms with Crippen LogP contribution in [-0.2, 0) is 13.0 Å². The maximum absolute atomic E-state index is 12.0. The Kier molecular flexibility index (Phi) is 4.86. The zero-order valence-corrected chi connectivity index (χ0v) is 15.4. The summed E-state index contributed by atoms with van der Waals surface area (Å²) in [6.07, 6.45) is 1.79. The first-order valence-electron chi connectivity index (χ1n) is 9.45. The number of phenols is 1. The summed E-state index contributed by atoms with van der Waals surface area (Å²) in [4.78, 5) is 14.3. The number of phenolic OH excluding ortho intramolecular Hbond substituents is 1. The van der Waals surface area contributed by atoms with Gasteiger partial charge in [-0.05, 0) is 42.2 Å². The molecule has 1 fully saturated rings. The molecule has 140 valence electrons. The second-order valence-corrected chi connectivity index (χ2v) is 7.15. The van der Waals surface area contributed by atoms with Crippen LogP contribution in [0.4, 0.5) is 5.69 Å². The maximum atomic E-state index is 12.0. The molecule has 1 aromatic heterocycles. The van der Waals surface area contributed by atoms with Gasteiger partial charge < -0.3 is 14.8 Å². The summed E-state index contributed by atoms with van der Waals surface area (Å²) in [5, 5.41) is 14.6. The van der Waals surface area contributed by atoms with Gasteiger partial charge in [-0.3, -0.25) is 4.90 Å². The third-order valence-corrected chi connectivity index (χ3v) is 5.22. The van der Waals surface area contributed by atoms with Crippen molar-refractivity contribution < 1.29 is 9.52 Å². The molecule has 0 saturated carbocycles. The van der Waals surface area contributed by atoms with Crippen molar-refractivity contribution in [1.29, 1.82) is 0 Å². The number of anilines is 1. The molecule has 4 rings (SSSR count). The fourth-order valence-electron chi connectivity index (χ4n) is 3.83. The first kappa shape index (κ1) is 17.6. The van der Waals surface area contributed by atoms with E-state index in [9.17, 15) is 9.90 Å². The van der Waals surface area contributed by atoms with Crippen molar-refractivity contribution in [2.75, 3.05) is 18.4 Å². The van der Waals surface area contributed by atoms with Gasteiger partial charge in [-0.15, -0.1) is 0 Å². The summed E-state index contributed by atoms with van der Waals surface area (Å²) in [5.41, 5.74) is 3.03. The fourth-order valence-corrected chi connectivity index (χ4v) is 3.83. The second-order valence-electron chi connectivity index (χ2n) is 7.15. The van der Waals surface area contributed by atoms with E-state index in [4.69, 9.17) is 4.42 Å². The predicted octanol–water partition coefficient (Wildman–Crippen LogP) is 3.75. The van der Waals surface area contributed by atoms with Crippen molar-refractivity contribution in [3.05, 3.63) is 70.1 Å². The highest BCUT2D eigenvalue weighted by molar-refractivity contribution is 5.82. The minimum absolute atomic E-state index is 0.179. The fraction of sp³-hybridized carbons (Fsp3) is 0.318. The second kappa shape index (κ2) is 7.45. The van der Waals surface area contributed by atoms with Gasteiger partial charge in [0.15, 0.2) is 0 Å². The van der Waals surface area contributed by atoms with Gasteiger partial charge in [0.2, 0.25) is 0 Å². The minimum atomic E-state index is -0.376. The average Bonchev–Trinajstić information content (AvgIpc) is 3.08. The average molecular weight is 364 g/mol. The lowest BCUT2D eigenvalue weighted by atomic mass is 10.0. The Morgan fingerprint density at radius 2 is 2.00 bits per heavy atom. The molecular formula is C22H24N2O3. The molecule has 0 aliphatic carbocycles. The van der Waals surface area contributed by atoms with E-state index < -0.39 is 0 Å². The molecule has 2 N–H and O–H groups in total. The number of hydrogen-bond acceptors (Lipinski definition) is 5. The number of benzene rings is 2. The number of aromatic hydroxyl groups is 1. The lowest BCUT2D eigenvalue weighted by Gasteiger charge is -2.18. The molecule has 5 nitrogen and oxygen atoms in total. The SMILES string of the molecule is CCc1cc2c(CN3CCC(Nc4ccccc4)C3)cc(=O)oc2cc1O. The maximum Gasteiger partial charge on any atom is 0.336 e. The van der Waals surface area contributed by atoms with Crippen LogP contribution in [0.1, 0.15) is 24.5 Å². The molecule has 27 heavy (non-hydrogen) atoms. The van der Waals surface area contributed by atoms with E-state index in [1.165, 1.54) is 0 Å². The van der Waals surface area contributed by atoms with Crippen molar-refractivity contribution >= 4 is 16.7 Å². The van der Waals surface area contributed by atoms with Gasteiger partial charge in [0.1, 0.15) is 11.3 Å². The van der Waals surface area contributed by atoms with E-state index in [0.29, 0.717) is 18.2 Å². The van der Waals surface area contributed by atoms with Gasteiger partial charge in [-0.1, -0.05) is 25.1 Å². The minimum Gasteiger partial charge on any atom is -0.508 e. The van der Waals surface area contributed by atoms with Crippen LogP contribution >= 0.6 is 0 Å². The predicted molar refractivity (Wildman–Crippen MR) is 107 cm³/mol. The number of likely N-dealkylation sites (tertiary alicyclic amines) is 1. The Bertz CT molecular complexity index is 998. The Morgan fingerprint density at radius 3 is 2.78 bits per heavy atom. The Labute approximate surface area is 158 Å². The smallest absolute Gasteiger partial charge is 0.336 e. The monoisotopic (exact) mass is 364 g/mol. The van der Waals surface area contributed by atoms with E-state index >= 15 is 0 Å². The highest BCUT2D eigenvalue weighted by atomic mass is 16.4. The zero-order chi connectivity index (χ0) is 18.8. The third kappa shape index (κ3) is 3.83. The Balaban J connectivity index is 1.54. The highest BCUT2D eigenvalue weighted by Crippen LogP contribution is 2.28. The van der Waals surface area contributed by atoms with Gasteiger partial charge >= 0.3 is 5.63 Å². The summed E-state index contributed by atoms with van der Waals surface area (Å²) in [6.45, 7) is 4.60. The van der Waals surface area contributed by atoms with Crippen LogP contribution in [0, 0.1) is 0 Å². The number of aryl methyl sites for hydroxylation is 1. The van der Waals surface area contributed by atoms with Crippen molar-refractivity contribution in [3.8, 4) is 5.75 Å². The quantitative estimate of drug-likeness (QED) is 0.675. The Hall–Kier alpha value is -2.79. The summed E-state index contributed by atoms with van der Waals surface area (Å²) >= 11 is 0. The van der Waals surface area contributed by atoms with Crippen molar-refractivity contribution in [3.63, 3.8) is 0 Å². The molecule has 5 heteroatoms. The lowest BCUT2D eigenvalue weighted by molar-refractivity contribution is 0.329. The summed E-state index contributed by atoms with van der Waals surface area (Å²) < 4.78 is 5.30. The van der Waals surface area contributed by atoms with E-state index in [2.05, 4.69) is 22.3 Å². The molecule has 2 aromatic carbocycles. The molecule has 1 aliphatic heterocycles. The van der Waals surface area contributed by atoms with Crippen LogP contribution in [0.2, 0.25) is 0 Å². The number of fused-ring (bicyclic) bond motifs is 1. The molecule has 1 aliphatic rings. The number of nitrogens with zero attached hydrogens (tertiary/aromatic N) is 1. The van der Waals surface area contributed by atoms with E-state index in [0.717, 1.165) is 48.1 Å².